The highest BCUT2D eigenvalue weighted by molar-refractivity contribution is 6.05. The van der Waals surface area contributed by atoms with E-state index in [0.717, 1.165) is 22.0 Å². The predicted octanol–water partition coefficient (Wildman–Crippen LogP) is 5.46. The average Bonchev–Trinajstić information content (AvgIpc) is 3.45. The van der Waals surface area contributed by atoms with Crippen LogP contribution in [0.25, 0.3) is 33.3 Å². The van der Waals surface area contributed by atoms with Gasteiger partial charge in [0.2, 0.25) is 0 Å². The summed E-state index contributed by atoms with van der Waals surface area (Å²) in [7, 11) is 0. The molecule has 0 atom stereocenters. The molecule has 3 aromatic carbocycles. The van der Waals surface area contributed by atoms with E-state index in [1.807, 2.05) is 18.2 Å². The van der Waals surface area contributed by atoms with Gasteiger partial charge < -0.3 is 5.32 Å². The van der Waals surface area contributed by atoms with Gasteiger partial charge in [0.05, 0.1) is 17.4 Å². The molecule has 0 saturated heterocycles. The fourth-order valence-electron chi connectivity index (χ4n) is 3.64. The number of nitrogens with one attached hydrogen (secondary N) is 3. The van der Waals surface area contributed by atoms with Crippen LogP contribution >= 0.6 is 0 Å². The number of rotatable bonds is 4. The van der Waals surface area contributed by atoms with Crippen LogP contribution in [0.5, 0.6) is 0 Å². The molecule has 2 heterocycles. The van der Waals surface area contributed by atoms with Crippen LogP contribution < -0.4 is 5.32 Å². The molecule has 0 aliphatic carbocycles. The molecule has 0 spiro atoms. The quantitative estimate of drug-likeness (QED) is 0.355. The molecule has 6 nitrogen and oxygen atoms in total. The molecule has 0 unspecified atom stereocenters. The Hall–Kier alpha value is -4.33. The van der Waals surface area contributed by atoms with Gasteiger partial charge in [-0.15, -0.1) is 0 Å². The number of H-pyrrole nitrogens is 2. The van der Waals surface area contributed by atoms with Gasteiger partial charge in [0.15, 0.2) is 0 Å². The molecule has 5 aromatic rings. The summed E-state index contributed by atoms with van der Waals surface area (Å²) in [5, 5.41) is 17.3. The van der Waals surface area contributed by atoms with Crippen molar-refractivity contribution < 1.29 is 13.6 Å². The maximum Gasteiger partial charge on any atom is 0.256 e. The second-order valence-electron chi connectivity index (χ2n) is 7.39. The number of halogens is 2. The SMILES string of the molecule is Cc1c(F)cc(C(=O)Nc2ccn[nH]2)cc1-c1ccc2c(-c3ccc(F)cc3)n[nH]c2c1. The minimum atomic E-state index is -0.478. The van der Waals surface area contributed by atoms with Crippen molar-refractivity contribution in [3.63, 3.8) is 0 Å². The number of hydrogen-bond donors (Lipinski definition) is 3. The minimum absolute atomic E-state index is 0.189. The Morgan fingerprint density at radius 2 is 1.72 bits per heavy atom. The molecular weight excluding hydrogens is 412 g/mol. The van der Waals surface area contributed by atoms with Gasteiger partial charge in [-0.1, -0.05) is 6.07 Å². The smallest absolute Gasteiger partial charge is 0.256 e. The number of hydrogen-bond acceptors (Lipinski definition) is 3. The number of anilines is 1. The molecule has 0 saturated carbocycles. The molecule has 158 valence electrons. The summed E-state index contributed by atoms with van der Waals surface area (Å²) in [5.41, 5.74) is 4.18. The van der Waals surface area contributed by atoms with E-state index in [2.05, 4.69) is 25.7 Å². The fourth-order valence-corrected chi connectivity index (χ4v) is 3.64. The van der Waals surface area contributed by atoms with Crippen molar-refractivity contribution >= 4 is 22.6 Å². The third-order valence-corrected chi connectivity index (χ3v) is 5.35. The molecule has 0 fully saturated rings. The Morgan fingerprint density at radius 1 is 0.938 bits per heavy atom. The monoisotopic (exact) mass is 429 g/mol. The van der Waals surface area contributed by atoms with E-state index >= 15 is 0 Å². The Kier molecular flexibility index (Phi) is 4.74. The van der Waals surface area contributed by atoms with E-state index in [1.54, 1.807) is 31.2 Å². The third-order valence-electron chi connectivity index (χ3n) is 5.35. The summed E-state index contributed by atoms with van der Waals surface area (Å²) >= 11 is 0. The van der Waals surface area contributed by atoms with E-state index < -0.39 is 11.7 Å². The lowest BCUT2D eigenvalue weighted by molar-refractivity contribution is 0.102. The van der Waals surface area contributed by atoms with E-state index in [9.17, 15) is 13.6 Å². The predicted molar refractivity (Wildman–Crippen MR) is 118 cm³/mol. The first-order valence-corrected chi connectivity index (χ1v) is 9.85. The molecule has 0 radical (unpaired) electrons. The van der Waals surface area contributed by atoms with Crippen LogP contribution in [0.15, 0.2) is 66.9 Å². The van der Waals surface area contributed by atoms with Crippen LogP contribution in [-0.2, 0) is 0 Å². The second-order valence-corrected chi connectivity index (χ2v) is 7.39. The van der Waals surface area contributed by atoms with Gasteiger partial charge in [0.1, 0.15) is 17.5 Å². The van der Waals surface area contributed by atoms with Crippen molar-refractivity contribution in [2.24, 2.45) is 0 Å². The Morgan fingerprint density at radius 3 is 2.47 bits per heavy atom. The highest BCUT2D eigenvalue weighted by atomic mass is 19.1. The minimum Gasteiger partial charge on any atom is -0.307 e. The molecule has 32 heavy (non-hydrogen) atoms. The summed E-state index contributed by atoms with van der Waals surface area (Å²) in [5.74, 6) is -0.820. The summed E-state index contributed by atoms with van der Waals surface area (Å²) in [6, 6.07) is 16.2. The number of aromatic nitrogens is 4. The third kappa shape index (κ3) is 3.51. The van der Waals surface area contributed by atoms with Crippen molar-refractivity contribution in [2.45, 2.75) is 6.92 Å². The highest BCUT2D eigenvalue weighted by Crippen LogP contribution is 2.32. The second kappa shape index (κ2) is 7.73. The van der Waals surface area contributed by atoms with Crippen molar-refractivity contribution in [3.05, 3.63) is 89.6 Å². The van der Waals surface area contributed by atoms with Gasteiger partial charge in [-0.25, -0.2) is 8.78 Å². The van der Waals surface area contributed by atoms with Crippen LogP contribution in [0.3, 0.4) is 0 Å². The molecule has 0 aliphatic heterocycles. The van der Waals surface area contributed by atoms with E-state index in [-0.39, 0.29) is 11.4 Å². The van der Waals surface area contributed by atoms with Crippen molar-refractivity contribution in [1.82, 2.24) is 20.4 Å². The van der Waals surface area contributed by atoms with Crippen LogP contribution in [0.2, 0.25) is 0 Å². The lowest BCUT2D eigenvalue weighted by atomic mass is 9.96. The first-order chi connectivity index (χ1) is 15.5. The maximum absolute atomic E-state index is 14.7. The van der Waals surface area contributed by atoms with Crippen molar-refractivity contribution in [1.29, 1.82) is 0 Å². The molecule has 5 rings (SSSR count). The zero-order valence-corrected chi connectivity index (χ0v) is 16.9. The molecule has 8 heteroatoms. The number of nitrogens with zero attached hydrogens (tertiary/aromatic N) is 2. The first kappa shape index (κ1) is 19.6. The highest BCUT2D eigenvalue weighted by Gasteiger charge is 2.16. The summed E-state index contributed by atoms with van der Waals surface area (Å²) < 4.78 is 27.9. The summed E-state index contributed by atoms with van der Waals surface area (Å²) in [4.78, 5) is 12.6. The normalized spacial score (nSPS) is 11.1. The van der Waals surface area contributed by atoms with Crippen molar-refractivity contribution in [2.75, 3.05) is 5.32 Å². The topological polar surface area (TPSA) is 86.5 Å². The zero-order valence-electron chi connectivity index (χ0n) is 16.9. The summed E-state index contributed by atoms with van der Waals surface area (Å²) in [6.07, 6.45) is 1.51. The maximum atomic E-state index is 14.7. The van der Waals surface area contributed by atoms with Crippen LogP contribution in [0.1, 0.15) is 15.9 Å². The standard InChI is InChI=1S/C24H17F2N5O/c1-13-19(10-16(11-20(13)26)24(32)28-22-8-9-27-30-22)15-4-7-18-21(12-15)29-31-23(18)14-2-5-17(25)6-3-14/h2-12H,1H3,(H,29,31)(H2,27,28,30,32). The number of carbonyl (C=O) groups excluding carboxylic acids is 1. The van der Waals surface area contributed by atoms with Gasteiger partial charge >= 0.3 is 0 Å². The molecule has 3 N–H and O–H groups in total. The molecule has 1 amide bonds. The lowest BCUT2D eigenvalue weighted by Crippen LogP contribution is -2.13. The molecule has 0 aliphatic rings. The molecule has 2 aromatic heterocycles. The summed E-state index contributed by atoms with van der Waals surface area (Å²) in [6.45, 7) is 1.67. The van der Waals surface area contributed by atoms with Gasteiger partial charge in [0, 0.05) is 22.6 Å². The number of fused-ring (bicyclic) bond motifs is 1. The average molecular weight is 429 g/mol. The van der Waals surface area contributed by atoms with Crippen LogP contribution in [0.4, 0.5) is 14.6 Å². The molecule has 0 bridgehead atoms. The van der Waals surface area contributed by atoms with Gasteiger partial charge in [-0.3, -0.25) is 15.0 Å². The largest absolute Gasteiger partial charge is 0.307 e. The number of amides is 1. The van der Waals surface area contributed by atoms with Crippen molar-refractivity contribution in [3.8, 4) is 22.4 Å². The molecular formula is C24H17F2N5O. The van der Waals surface area contributed by atoms with E-state index in [0.29, 0.717) is 22.6 Å². The zero-order chi connectivity index (χ0) is 22.2. The lowest BCUT2D eigenvalue weighted by Gasteiger charge is -2.11. The van der Waals surface area contributed by atoms with Gasteiger partial charge in [-0.05, 0) is 72.1 Å². The van der Waals surface area contributed by atoms with E-state index in [4.69, 9.17) is 0 Å². The number of benzene rings is 3. The number of carbonyl (C=O) groups is 1. The van der Waals surface area contributed by atoms with Gasteiger partial charge in [0.25, 0.3) is 5.91 Å². The Labute approximate surface area is 181 Å². The van der Waals surface area contributed by atoms with E-state index in [1.165, 1.54) is 24.4 Å². The fraction of sp³-hybridized carbons (Fsp3) is 0.0417. The first-order valence-electron chi connectivity index (χ1n) is 9.85. The van der Waals surface area contributed by atoms with Crippen LogP contribution in [0, 0.1) is 18.6 Å². The Balaban J connectivity index is 1.54. The van der Waals surface area contributed by atoms with Gasteiger partial charge in [-0.2, -0.15) is 10.2 Å². The Bertz CT molecular complexity index is 1440. The number of aromatic amines is 2. The van der Waals surface area contributed by atoms with Crippen LogP contribution in [-0.4, -0.2) is 26.3 Å².